The molecular formula is C23H31N3O4S. The molecule has 2 fully saturated rings. The van der Waals surface area contributed by atoms with E-state index in [4.69, 9.17) is 26.8 Å². The van der Waals surface area contributed by atoms with Gasteiger partial charge in [0, 0.05) is 24.2 Å². The SMILES string of the molecule is COc1ccc(NC(=S)N/N=C/[C@H]2C[C@H]3C[C@H](CO3)[C@@H]2C/C=C\CCCC(=O)O)cc1. The van der Waals surface area contributed by atoms with E-state index >= 15 is 0 Å². The molecule has 1 saturated heterocycles. The quantitative estimate of drug-likeness (QED) is 0.163. The molecule has 0 radical (unpaired) electrons. The number of thiocarbonyl (C=S) groups is 1. The van der Waals surface area contributed by atoms with Crippen LogP contribution in [0.5, 0.6) is 5.75 Å². The van der Waals surface area contributed by atoms with Crippen LogP contribution in [0.1, 0.15) is 38.5 Å². The molecule has 3 N–H and O–H groups in total. The van der Waals surface area contributed by atoms with E-state index < -0.39 is 5.97 Å². The highest BCUT2D eigenvalue weighted by atomic mass is 32.1. The van der Waals surface area contributed by atoms with E-state index in [-0.39, 0.29) is 6.42 Å². The predicted molar refractivity (Wildman–Crippen MR) is 126 cm³/mol. The van der Waals surface area contributed by atoms with Crippen LogP contribution in [0.15, 0.2) is 41.5 Å². The number of nitrogens with one attached hydrogen (secondary N) is 2. The number of aliphatic carboxylic acids is 1. The summed E-state index contributed by atoms with van der Waals surface area (Å²) in [7, 11) is 1.63. The largest absolute Gasteiger partial charge is 0.497 e. The highest BCUT2D eigenvalue weighted by molar-refractivity contribution is 7.80. The van der Waals surface area contributed by atoms with Crippen molar-refractivity contribution in [3.05, 3.63) is 36.4 Å². The van der Waals surface area contributed by atoms with Crippen molar-refractivity contribution in [1.29, 1.82) is 0 Å². The maximum Gasteiger partial charge on any atom is 0.303 e. The molecule has 0 unspecified atom stereocenters. The summed E-state index contributed by atoms with van der Waals surface area (Å²) in [6, 6.07) is 7.52. The van der Waals surface area contributed by atoms with Crippen molar-refractivity contribution in [1.82, 2.24) is 5.43 Å². The topological polar surface area (TPSA) is 92.2 Å². The molecule has 1 aromatic carbocycles. The molecule has 8 heteroatoms. The van der Waals surface area contributed by atoms with Gasteiger partial charge >= 0.3 is 5.97 Å². The molecule has 2 bridgehead atoms. The summed E-state index contributed by atoms with van der Waals surface area (Å²) in [5.41, 5.74) is 3.78. The number of rotatable bonds is 10. The Morgan fingerprint density at radius 1 is 1.32 bits per heavy atom. The Kier molecular flexibility index (Phi) is 8.85. The molecule has 0 aromatic heterocycles. The van der Waals surface area contributed by atoms with Gasteiger partial charge in [0.25, 0.3) is 0 Å². The second-order valence-corrected chi connectivity index (χ2v) is 8.49. The molecule has 3 rings (SSSR count). The normalized spacial score (nSPS) is 25.1. The van der Waals surface area contributed by atoms with Crippen LogP contribution in [0.2, 0.25) is 0 Å². The molecule has 1 aromatic rings. The summed E-state index contributed by atoms with van der Waals surface area (Å²) in [5.74, 6) is 1.40. The summed E-state index contributed by atoms with van der Waals surface area (Å²) >= 11 is 5.34. The fourth-order valence-electron chi connectivity index (χ4n) is 4.33. The number of methoxy groups -OCH3 is 1. The minimum absolute atomic E-state index is 0.220. The highest BCUT2D eigenvalue weighted by Gasteiger charge is 2.41. The van der Waals surface area contributed by atoms with E-state index in [1.54, 1.807) is 7.11 Å². The van der Waals surface area contributed by atoms with Crippen molar-refractivity contribution in [2.45, 2.75) is 44.6 Å². The fraction of sp³-hybridized carbons (Fsp3) is 0.522. The molecule has 168 valence electrons. The van der Waals surface area contributed by atoms with Crippen LogP contribution >= 0.6 is 12.2 Å². The molecule has 1 aliphatic heterocycles. The van der Waals surface area contributed by atoms with E-state index in [2.05, 4.69) is 28.0 Å². The molecular weight excluding hydrogens is 414 g/mol. The Morgan fingerprint density at radius 2 is 2.13 bits per heavy atom. The zero-order valence-electron chi connectivity index (χ0n) is 17.8. The second-order valence-electron chi connectivity index (χ2n) is 8.08. The summed E-state index contributed by atoms with van der Waals surface area (Å²) in [6.07, 6.45) is 11.3. The molecule has 4 atom stereocenters. The first kappa shape index (κ1) is 23.2. The number of benzene rings is 1. The third-order valence-corrected chi connectivity index (χ3v) is 6.11. The van der Waals surface area contributed by atoms with Gasteiger partial charge in [-0.15, -0.1) is 0 Å². The van der Waals surface area contributed by atoms with Gasteiger partial charge in [-0.05, 0) is 80.4 Å². The van der Waals surface area contributed by atoms with Crippen LogP contribution in [0, 0.1) is 17.8 Å². The molecule has 0 amide bonds. The van der Waals surface area contributed by atoms with Crippen molar-refractivity contribution in [2.24, 2.45) is 22.9 Å². The van der Waals surface area contributed by atoms with Crippen LogP contribution in [0.25, 0.3) is 0 Å². The first-order valence-electron chi connectivity index (χ1n) is 10.8. The van der Waals surface area contributed by atoms with Crippen molar-refractivity contribution < 1.29 is 19.4 Å². The number of carboxylic acid groups (broad SMARTS) is 1. The lowest BCUT2D eigenvalue weighted by Gasteiger charge is -2.32. The standard InChI is InChI=1S/C23H31N3O4S/c1-29-19-10-8-18(9-11-19)25-23(31)26-24-14-16-12-20-13-17(15-30-20)21(16)6-4-2-3-5-7-22(27)28/h2,4,8-11,14,16-17,20-21H,3,5-7,12-13,15H2,1H3,(H,27,28)(H2,25,26,31)/b4-2-,24-14+/t16-,17-,20+,21-/m1/s1. The fourth-order valence-corrected chi connectivity index (χ4v) is 4.50. The minimum Gasteiger partial charge on any atom is -0.497 e. The van der Waals surface area contributed by atoms with Crippen LogP contribution in [0.4, 0.5) is 5.69 Å². The molecule has 1 aliphatic carbocycles. The number of allylic oxidation sites excluding steroid dienone is 2. The van der Waals surface area contributed by atoms with Crippen molar-refractivity contribution in [3.63, 3.8) is 0 Å². The van der Waals surface area contributed by atoms with Crippen LogP contribution in [0.3, 0.4) is 0 Å². The number of fused-ring (bicyclic) bond motifs is 2. The maximum atomic E-state index is 10.6. The average molecular weight is 446 g/mol. The van der Waals surface area contributed by atoms with E-state index in [9.17, 15) is 4.79 Å². The second kappa shape index (κ2) is 11.8. The van der Waals surface area contributed by atoms with Gasteiger partial charge in [-0.25, -0.2) is 0 Å². The predicted octanol–water partition coefficient (Wildman–Crippen LogP) is 4.21. The van der Waals surface area contributed by atoms with Crippen LogP contribution in [-0.2, 0) is 9.53 Å². The van der Waals surface area contributed by atoms with Gasteiger partial charge in [-0.2, -0.15) is 5.10 Å². The summed E-state index contributed by atoms with van der Waals surface area (Å²) < 4.78 is 11.1. The Labute approximate surface area is 188 Å². The average Bonchev–Trinajstić information content (AvgIpc) is 3.14. The first-order chi connectivity index (χ1) is 15.0. The molecule has 1 heterocycles. The van der Waals surface area contributed by atoms with Gasteiger partial charge in [-0.3, -0.25) is 10.2 Å². The van der Waals surface area contributed by atoms with Crippen LogP contribution in [-0.4, -0.2) is 42.2 Å². The van der Waals surface area contributed by atoms with Crippen LogP contribution < -0.4 is 15.5 Å². The van der Waals surface area contributed by atoms with E-state index in [0.29, 0.717) is 35.4 Å². The Hall–Kier alpha value is -2.45. The lowest BCUT2D eigenvalue weighted by atomic mass is 9.71. The van der Waals surface area contributed by atoms with Crippen molar-refractivity contribution >= 4 is 35.2 Å². The molecule has 31 heavy (non-hydrogen) atoms. The number of nitrogens with zero attached hydrogens (tertiary/aromatic N) is 1. The third-order valence-electron chi connectivity index (χ3n) is 5.92. The Balaban J connectivity index is 1.48. The van der Waals surface area contributed by atoms with Gasteiger partial charge in [0.15, 0.2) is 5.11 Å². The third kappa shape index (κ3) is 7.33. The van der Waals surface area contributed by atoms with Crippen molar-refractivity contribution in [3.8, 4) is 5.75 Å². The lowest BCUT2D eigenvalue weighted by Crippen LogP contribution is -2.32. The van der Waals surface area contributed by atoms with E-state index in [1.807, 2.05) is 30.5 Å². The number of unbranched alkanes of at least 4 members (excludes halogenated alkanes) is 1. The van der Waals surface area contributed by atoms with Gasteiger partial charge in [0.1, 0.15) is 5.75 Å². The molecule has 7 nitrogen and oxygen atoms in total. The number of carbonyl (C=O) groups is 1. The van der Waals surface area contributed by atoms with Gasteiger partial charge in [0.2, 0.25) is 0 Å². The summed E-state index contributed by atoms with van der Waals surface area (Å²) in [5, 5.41) is 16.7. The number of anilines is 1. The smallest absolute Gasteiger partial charge is 0.303 e. The zero-order chi connectivity index (χ0) is 22.1. The number of hydrogen-bond acceptors (Lipinski definition) is 5. The monoisotopic (exact) mass is 445 g/mol. The highest BCUT2D eigenvalue weighted by Crippen LogP contribution is 2.42. The number of hydrazone groups is 1. The summed E-state index contributed by atoms with van der Waals surface area (Å²) in [4.78, 5) is 10.6. The number of hydrogen-bond donors (Lipinski definition) is 3. The maximum absolute atomic E-state index is 10.6. The zero-order valence-corrected chi connectivity index (χ0v) is 18.6. The number of carboxylic acids is 1. The van der Waals surface area contributed by atoms with E-state index in [0.717, 1.165) is 43.7 Å². The lowest BCUT2D eigenvalue weighted by molar-refractivity contribution is -0.137. The number of ether oxygens (including phenoxy) is 2. The minimum atomic E-state index is -0.738. The van der Waals surface area contributed by atoms with E-state index in [1.165, 1.54) is 0 Å². The summed E-state index contributed by atoms with van der Waals surface area (Å²) in [6.45, 7) is 0.817. The molecule has 0 spiro atoms. The van der Waals surface area contributed by atoms with Gasteiger partial charge < -0.3 is 19.9 Å². The first-order valence-corrected chi connectivity index (χ1v) is 11.2. The van der Waals surface area contributed by atoms with Crippen molar-refractivity contribution in [2.75, 3.05) is 19.0 Å². The van der Waals surface area contributed by atoms with Gasteiger partial charge in [0.05, 0.1) is 19.8 Å². The Morgan fingerprint density at radius 3 is 2.87 bits per heavy atom. The van der Waals surface area contributed by atoms with Gasteiger partial charge in [-0.1, -0.05) is 12.2 Å². The Bertz CT molecular complexity index is 797. The molecule has 1 saturated carbocycles. The molecule has 2 aliphatic rings.